The Hall–Kier alpha value is -1.24. The molecule has 12 heavy (non-hydrogen) atoms. The van der Waals surface area contributed by atoms with Gasteiger partial charge in [-0.1, -0.05) is 37.6 Å². The highest BCUT2D eigenvalue weighted by atomic mass is 16.3. The van der Waals surface area contributed by atoms with E-state index in [0.717, 1.165) is 12.0 Å². The highest BCUT2D eigenvalue weighted by molar-refractivity contribution is 5.50. The van der Waals surface area contributed by atoms with Gasteiger partial charge in [0.15, 0.2) is 0 Å². The number of hydrogen-bond acceptors (Lipinski definition) is 1. The summed E-state index contributed by atoms with van der Waals surface area (Å²) in [6.45, 7) is 2.15. The van der Waals surface area contributed by atoms with Crippen molar-refractivity contribution in [2.75, 3.05) is 0 Å². The van der Waals surface area contributed by atoms with E-state index >= 15 is 0 Å². The van der Waals surface area contributed by atoms with Crippen molar-refractivity contribution < 1.29 is 5.11 Å². The maximum atomic E-state index is 9.00. The molecule has 1 N–H and O–H groups in total. The van der Waals surface area contributed by atoms with Gasteiger partial charge < -0.3 is 5.11 Å². The van der Waals surface area contributed by atoms with Crippen LogP contribution in [0.1, 0.15) is 25.3 Å². The molecule has 0 bridgehead atoms. The van der Waals surface area contributed by atoms with E-state index in [4.69, 9.17) is 5.11 Å². The molecule has 0 spiro atoms. The highest BCUT2D eigenvalue weighted by Crippen LogP contribution is 2.10. The van der Waals surface area contributed by atoms with Gasteiger partial charge >= 0.3 is 0 Å². The van der Waals surface area contributed by atoms with Crippen LogP contribution in [-0.4, -0.2) is 5.11 Å². The van der Waals surface area contributed by atoms with Gasteiger partial charge in [-0.25, -0.2) is 0 Å². The monoisotopic (exact) mass is 162 g/mol. The van der Waals surface area contributed by atoms with Crippen LogP contribution in [0.2, 0.25) is 0 Å². The highest BCUT2D eigenvalue weighted by Gasteiger charge is 1.86. The van der Waals surface area contributed by atoms with E-state index < -0.39 is 0 Å². The van der Waals surface area contributed by atoms with Crippen molar-refractivity contribution >= 4 is 6.08 Å². The largest absolute Gasteiger partial charge is 0.508 e. The summed E-state index contributed by atoms with van der Waals surface area (Å²) in [5, 5.41) is 9.00. The van der Waals surface area contributed by atoms with Crippen molar-refractivity contribution in [3.8, 4) is 5.75 Å². The number of allylic oxidation sites excluding steroid dienone is 1. The Kier molecular flexibility index (Phi) is 3.39. The van der Waals surface area contributed by atoms with Gasteiger partial charge in [0.05, 0.1) is 0 Å². The predicted octanol–water partition coefficient (Wildman–Crippen LogP) is 3.21. The molecular weight excluding hydrogens is 148 g/mol. The summed E-state index contributed by atoms with van der Waals surface area (Å²) in [5.41, 5.74) is 1.14. The van der Waals surface area contributed by atoms with Gasteiger partial charge in [-0.2, -0.15) is 0 Å². The molecular formula is C11H14O. The first kappa shape index (κ1) is 8.85. The second kappa shape index (κ2) is 4.60. The Balaban J connectivity index is 2.58. The fourth-order valence-electron chi connectivity index (χ4n) is 0.972. The van der Waals surface area contributed by atoms with Gasteiger partial charge in [0, 0.05) is 0 Å². The quantitative estimate of drug-likeness (QED) is 0.723. The molecule has 0 fully saturated rings. The molecule has 64 valence electrons. The van der Waals surface area contributed by atoms with Crippen molar-refractivity contribution in [2.45, 2.75) is 19.8 Å². The summed E-state index contributed by atoms with van der Waals surface area (Å²) in [6.07, 6.45) is 6.50. The van der Waals surface area contributed by atoms with E-state index in [0.29, 0.717) is 5.75 Å². The van der Waals surface area contributed by atoms with E-state index in [9.17, 15) is 0 Å². The lowest BCUT2D eigenvalue weighted by Crippen LogP contribution is -1.70. The van der Waals surface area contributed by atoms with Crippen LogP contribution in [0.3, 0.4) is 0 Å². The molecule has 1 aromatic carbocycles. The second-order valence-corrected chi connectivity index (χ2v) is 2.78. The fraction of sp³-hybridized carbons (Fsp3) is 0.273. The second-order valence-electron chi connectivity index (χ2n) is 2.78. The summed E-state index contributed by atoms with van der Waals surface area (Å²) in [7, 11) is 0. The van der Waals surface area contributed by atoms with Crippen LogP contribution in [0.25, 0.3) is 6.08 Å². The lowest BCUT2D eigenvalue weighted by Gasteiger charge is -1.93. The third-order valence-electron chi connectivity index (χ3n) is 1.66. The van der Waals surface area contributed by atoms with Crippen molar-refractivity contribution in [1.29, 1.82) is 0 Å². The predicted molar refractivity (Wildman–Crippen MR) is 52.0 cm³/mol. The minimum absolute atomic E-state index is 0.322. The number of benzene rings is 1. The van der Waals surface area contributed by atoms with Gasteiger partial charge in [0.1, 0.15) is 5.75 Å². The van der Waals surface area contributed by atoms with E-state index in [1.807, 2.05) is 12.1 Å². The van der Waals surface area contributed by atoms with E-state index in [1.54, 1.807) is 12.1 Å². The molecule has 0 aliphatic carbocycles. The lowest BCUT2D eigenvalue weighted by atomic mass is 10.2. The first-order chi connectivity index (χ1) is 5.83. The molecule has 0 unspecified atom stereocenters. The molecule has 0 saturated carbocycles. The molecule has 1 rings (SSSR count). The molecule has 0 aromatic heterocycles. The number of phenolic OH excluding ortho intramolecular Hbond substituents is 1. The summed E-state index contributed by atoms with van der Waals surface area (Å²) in [5.74, 6) is 0.322. The summed E-state index contributed by atoms with van der Waals surface area (Å²) < 4.78 is 0. The number of rotatable bonds is 3. The van der Waals surface area contributed by atoms with Gasteiger partial charge in [-0.05, 0) is 24.1 Å². The molecule has 0 radical (unpaired) electrons. The van der Waals surface area contributed by atoms with Gasteiger partial charge in [-0.15, -0.1) is 0 Å². The third-order valence-corrected chi connectivity index (χ3v) is 1.66. The summed E-state index contributed by atoms with van der Waals surface area (Å²) in [4.78, 5) is 0. The molecule has 0 amide bonds. The van der Waals surface area contributed by atoms with Crippen LogP contribution in [0.5, 0.6) is 5.75 Å². The molecule has 0 atom stereocenters. The lowest BCUT2D eigenvalue weighted by molar-refractivity contribution is 0.475. The zero-order chi connectivity index (χ0) is 8.81. The Morgan fingerprint density at radius 2 is 1.92 bits per heavy atom. The van der Waals surface area contributed by atoms with E-state index in [1.165, 1.54) is 6.42 Å². The molecule has 1 nitrogen and oxygen atoms in total. The van der Waals surface area contributed by atoms with Crippen LogP contribution in [0.4, 0.5) is 0 Å². The fourth-order valence-corrected chi connectivity index (χ4v) is 0.972. The average molecular weight is 162 g/mol. The van der Waals surface area contributed by atoms with E-state index in [-0.39, 0.29) is 0 Å². The Morgan fingerprint density at radius 1 is 1.25 bits per heavy atom. The molecule has 0 saturated heterocycles. The van der Waals surface area contributed by atoms with Crippen molar-refractivity contribution in [1.82, 2.24) is 0 Å². The third kappa shape index (κ3) is 2.79. The molecule has 0 heterocycles. The number of aromatic hydroxyl groups is 1. The Morgan fingerprint density at radius 3 is 2.50 bits per heavy atom. The van der Waals surface area contributed by atoms with Crippen LogP contribution in [-0.2, 0) is 0 Å². The number of phenols is 1. The van der Waals surface area contributed by atoms with Crippen LogP contribution in [0.15, 0.2) is 30.3 Å². The average Bonchev–Trinajstić information content (AvgIpc) is 2.09. The van der Waals surface area contributed by atoms with Crippen molar-refractivity contribution in [2.24, 2.45) is 0 Å². The molecule has 1 aromatic rings. The summed E-state index contributed by atoms with van der Waals surface area (Å²) in [6, 6.07) is 7.21. The standard InChI is InChI=1S/C11H14O/c1-2-3-4-5-10-6-8-11(12)9-7-10/h4-9,12H,2-3H2,1H3. The maximum absolute atomic E-state index is 9.00. The number of unbranched alkanes of at least 4 members (excludes halogenated alkanes) is 1. The van der Waals surface area contributed by atoms with Crippen LogP contribution in [0, 0.1) is 0 Å². The van der Waals surface area contributed by atoms with Gasteiger partial charge in [0.25, 0.3) is 0 Å². The first-order valence-corrected chi connectivity index (χ1v) is 4.28. The minimum Gasteiger partial charge on any atom is -0.508 e. The van der Waals surface area contributed by atoms with Crippen molar-refractivity contribution in [3.05, 3.63) is 35.9 Å². The van der Waals surface area contributed by atoms with Crippen LogP contribution >= 0.6 is 0 Å². The molecule has 0 aliphatic rings. The Labute approximate surface area is 73.4 Å². The zero-order valence-electron chi connectivity index (χ0n) is 7.33. The topological polar surface area (TPSA) is 20.2 Å². The zero-order valence-corrected chi connectivity index (χ0v) is 7.33. The molecule has 1 heteroatoms. The van der Waals surface area contributed by atoms with E-state index in [2.05, 4.69) is 19.1 Å². The Bertz CT molecular complexity index is 246. The van der Waals surface area contributed by atoms with Crippen molar-refractivity contribution in [3.63, 3.8) is 0 Å². The normalized spacial score (nSPS) is 10.8. The first-order valence-electron chi connectivity index (χ1n) is 4.28. The van der Waals surface area contributed by atoms with Crippen LogP contribution < -0.4 is 0 Å². The minimum atomic E-state index is 0.322. The van der Waals surface area contributed by atoms with Gasteiger partial charge in [0.2, 0.25) is 0 Å². The number of hydrogen-bond donors (Lipinski definition) is 1. The smallest absolute Gasteiger partial charge is 0.115 e. The SMILES string of the molecule is CCCC=Cc1ccc(O)cc1. The van der Waals surface area contributed by atoms with Gasteiger partial charge in [-0.3, -0.25) is 0 Å². The molecule has 0 aliphatic heterocycles. The maximum Gasteiger partial charge on any atom is 0.115 e. The summed E-state index contributed by atoms with van der Waals surface area (Å²) >= 11 is 0.